The molecule has 13 heavy (non-hydrogen) atoms. The Kier molecular flexibility index (Phi) is 2.06. The summed E-state index contributed by atoms with van der Waals surface area (Å²) < 4.78 is 0. The molecule has 1 atom stereocenters. The standard InChI is InChI=1S/C9H10N4/c10-9-12-5-7(6-13-9)8-3-1-2-4-11-8/h1-6,9,12H,10H2. The lowest BCUT2D eigenvalue weighted by Crippen LogP contribution is -2.34. The summed E-state index contributed by atoms with van der Waals surface area (Å²) in [6, 6.07) is 5.74. The van der Waals surface area contributed by atoms with Crippen LogP contribution in [0.4, 0.5) is 0 Å². The first kappa shape index (κ1) is 7.94. The van der Waals surface area contributed by atoms with Crippen LogP contribution < -0.4 is 11.1 Å². The SMILES string of the molecule is NC1N=CC(c2ccccn2)=CN1. The third-order valence-corrected chi connectivity index (χ3v) is 1.74. The van der Waals surface area contributed by atoms with Gasteiger partial charge in [0.05, 0.1) is 5.69 Å². The first-order chi connectivity index (χ1) is 6.36. The Morgan fingerprint density at radius 3 is 2.92 bits per heavy atom. The molecule has 66 valence electrons. The number of nitrogens with zero attached hydrogens (tertiary/aromatic N) is 2. The number of hydrogen-bond donors (Lipinski definition) is 2. The van der Waals surface area contributed by atoms with Crippen LogP contribution in [0.25, 0.3) is 5.57 Å². The van der Waals surface area contributed by atoms with E-state index in [-0.39, 0.29) is 6.29 Å². The van der Waals surface area contributed by atoms with Crippen LogP contribution in [0.3, 0.4) is 0 Å². The van der Waals surface area contributed by atoms with Gasteiger partial charge in [-0.3, -0.25) is 15.7 Å². The Labute approximate surface area is 76.2 Å². The Morgan fingerprint density at radius 2 is 2.31 bits per heavy atom. The van der Waals surface area contributed by atoms with Gasteiger partial charge in [-0.15, -0.1) is 0 Å². The molecule has 0 amide bonds. The van der Waals surface area contributed by atoms with Crippen molar-refractivity contribution >= 4 is 11.8 Å². The van der Waals surface area contributed by atoms with Crippen molar-refractivity contribution in [1.29, 1.82) is 0 Å². The molecule has 0 fully saturated rings. The zero-order chi connectivity index (χ0) is 9.10. The molecule has 1 aliphatic rings. The number of pyridine rings is 1. The van der Waals surface area contributed by atoms with Gasteiger partial charge < -0.3 is 5.32 Å². The zero-order valence-corrected chi connectivity index (χ0v) is 7.01. The molecule has 0 saturated carbocycles. The molecule has 2 heterocycles. The lowest BCUT2D eigenvalue weighted by Gasteiger charge is -2.12. The number of aliphatic imine (C=N–C) groups is 1. The fourth-order valence-corrected chi connectivity index (χ4v) is 1.09. The van der Waals surface area contributed by atoms with Crippen molar-refractivity contribution in [2.24, 2.45) is 10.7 Å². The van der Waals surface area contributed by atoms with Crippen LogP contribution in [0.15, 0.2) is 35.6 Å². The normalized spacial score (nSPS) is 20.7. The molecule has 0 aliphatic carbocycles. The predicted octanol–water partition coefficient (Wildman–Crippen LogP) is 0.339. The van der Waals surface area contributed by atoms with E-state index >= 15 is 0 Å². The molecule has 1 unspecified atom stereocenters. The topological polar surface area (TPSA) is 63.3 Å². The predicted molar refractivity (Wildman–Crippen MR) is 51.8 cm³/mol. The van der Waals surface area contributed by atoms with Crippen molar-refractivity contribution in [1.82, 2.24) is 10.3 Å². The second-order valence-electron chi connectivity index (χ2n) is 2.70. The van der Waals surface area contributed by atoms with Gasteiger partial charge in [0, 0.05) is 24.2 Å². The molecule has 0 aromatic carbocycles. The summed E-state index contributed by atoms with van der Waals surface area (Å²) in [6.07, 6.45) is 4.97. The highest BCUT2D eigenvalue weighted by Gasteiger charge is 2.05. The number of nitrogens with one attached hydrogen (secondary N) is 1. The van der Waals surface area contributed by atoms with E-state index in [0.29, 0.717) is 0 Å². The van der Waals surface area contributed by atoms with Gasteiger partial charge in [0.15, 0.2) is 6.29 Å². The van der Waals surface area contributed by atoms with Gasteiger partial charge in [-0.05, 0) is 12.1 Å². The summed E-state index contributed by atoms with van der Waals surface area (Å²) in [4.78, 5) is 8.21. The number of nitrogens with two attached hydrogens (primary N) is 1. The largest absolute Gasteiger partial charge is 0.357 e. The summed E-state index contributed by atoms with van der Waals surface area (Å²) in [6.45, 7) is 0. The molecular formula is C9H10N4. The van der Waals surface area contributed by atoms with E-state index in [2.05, 4.69) is 15.3 Å². The highest BCUT2D eigenvalue weighted by atomic mass is 15.2. The van der Waals surface area contributed by atoms with Crippen LogP contribution in [0.2, 0.25) is 0 Å². The van der Waals surface area contributed by atoms with Gasteiger partial charge in [-0.2, -0.15) is 0 Å². The van der Waals surface area contributed by atoms with Crippen molar-refractivity contribution in [3.05, 3.63) is 36.3 Å². The van der Waals surface area contributed by atoms with Gasteiger partial charge in [-0.25, -0.2) is 0 Å². The van der Waals surface area contributed by atoms with Crippen molar-refractivity contribution in [2.45, 2.75) is 6.29 Å². The average molecular weight is 174 g/mol. The second kappa shape index (κ2) is 3.37. The molecule has 0 spiro atoms. The number of allylic oxidation sites excluding steroid dienone is 1. The summed E-state index contributed by atoms with van der Waals surface area (Å²) in [5, 5.41) is 2.91. The van der Waals surface area contributed by atoms with Gasteiger partial charge in [0.25, 0.3) is 0 Å². The van der Waals surface area contributed by atoms with E-state index in [0.717, 1.165) is 11.3 Å². The highest BCUT2D eigenvalue weighted by Crippen LogP contribution is 2.09. The molecule has 0 bridgehead atoms. The molecule has 4 nitrogen and oxygen atoms in total. The fourth-order valence-electron chi connectivity index (χ4n) is 1.09. The minimum Gasteiger partial charge on any atom is -0.357 e. The van der Waals surface area contributed by atoms with E-state index in [1.165, 1.54) is 0 Å². The molecule has 1 aromatic heterocycles. The molecule has 1 aliphatic heterocycles. The van der Waals surface area contributed by atoms with Crippen LogP contribution in [0.1, 0.15) is 5.69 Å². The number of hydrogen-bond acceptors (Lipinski definition) is 4. The van der Waals surface area contributed by atoms with Crippen LogP contribution in [-0.4, -0.2) is 17.5 Å². The van der Waals surface area contributed by atoms with Gasteiger partial charge in [0.1, 0.15) is 0 Å². The lowest BCUT2D eigenvalue weighted by molar-refractivity contribution is 0.641. The molecule has 0 saturated heterocycles. The maximum Gasteiger partial charge on any atom is 0.170 e. The van der Waals surface area contributed by atoms with E-state index in [1.54, 1.807) is 12.4 Å². The van der Waals surface area contributed by atoms with Crippen molar-refractivity contribution in [2.75, 3.05) is 0 Å². The first-order valence-corrected chi connectivity index (χ1v) is 4.02. The van der Waals surface area contributed by atoms with Crippen molar-refractivity contribution < 1.29 is 0 Å². The Bertz CT molecular complexity index is 342. The monoisotopic (exact) mass is 174 g/mol. The Balaban J connectivity index is 2.25. The maximum atomic E-state index is 5.50. The number of rotatable bonds is 1. The number of aromatic nitrogens is 1. The van der Waals surface area contributed by atoms with Gasteiger partial charge in [-0.1, -0.05) is 6.07 Å². The van der Waals surface area contributed by atoms with Gasteiger partial charge in [0.2, 0.25) is 0 Å². The smallest absolute Gasteiger partial charge is 0.170 e. The summed E-state index contributed by atoms with van der Waals surface area (Å²) in [5.74, 6) is 0. The van der Waals surface area contributed by atoms with Crippen LogP contribution >= 0.6 is 0 Å². The third-order valence-electron chi connectivity index (χ3n) is 1.74. The van der Waals surface area contributed by atoms with Crippen LogP contribution in [0, 0.1) is 0 Å². The molecule has 3 N–H and O–H groups in total. The maximum absolute atomic E-state index is 5.50. The molecular weight excluding hydrogens is 164 g/mol. The molecule has 0 radical (unpaired) electrons. The minimum atomic E-state index is -0.326. The van der Waals surface area contributed by atoms with Crippen LogP contribution in [0.5, 0.6) is 0 Å². The highest BCUT2D eigenvalue weighted by molar-refractivity contribution is 6.09. The fraction of sp³-hybridized carbons (Fsp3) is 0.111. The van der Waals surface area contributed by atoms with Crippen molar-refractivity contribution in [3.8, 4) is 0 Å². The zero-order valence-electron chi connectivity index (χ0n) is 7.01. The quantitative estimate of drug-likeness (QED) is 0.645. The Hall–Kier alpha value is -1.68. The molecule has 1 aromatic rings. The minimum absolute atomic E-state index is 0.326. The average Bonchev–Trinajstić information content (AvgIpc) is 2.20. The van der Waals surface area contributed by atoms with Crippen LogP contribution in [-0.2, 0) is 0 Å². The van der Waals surface area contributed by atoms with Gasteiger partial charge >= 0.3 is 0 Å². The van der Waals surface area contributed by atoms with E-state index in [4.69, 9.17) is 5.73 Å². The summed E-state index contributed by atoms with van der Waals surface area (Å²) >= 11 is 0. The van der Waals surface area contributed by atoms with E-state index in [1.807, 2.05) is 24.4 Å². The van der Waals surface area contributed by atoms with Crippen molar-refractivity contribution in [3.63, 3.8) is 0 Å². The molecule has 2 rings (SSSR count). The summed E-state index contributed by atoms with van der Waals surface area (Å²) in [7, 11) is 0. The van der Waals surface area contributed by atoms with E-state index in [9.17, 15) is 0 Å². The third kappa shape index (κ3) is 1.73. The molecule has 4 heteroatoms. The van der Waals surface area contributed by atoms with E-state index < -0.39 is 0 Å². The first-order valence-electron chi connectivity index (χ1n) is 4.02. The Morgan fingerprint density at radius 1 is 1.38 bits per heavy atom. The summed E-state index contributed by atoms with van der Waals surface area (Å²) in [5.41, 5.74) is 7.34. The second-order valence-corrected chi connectivity index (χ2v) is 2.70. The lowest BCUT2D eigenvalue weighted by atomic mass is 10.2.